The number of benzene rings is 3. The molecule has 3 aromatic rings. The maximum absolute atomic E-state index is 13.6. The quantitative estimate of drug-likeness (QED) is 0.366. The van der Waals surface area contributed by atoms with Crippen LogP contribution >= 0.6 is 0 Å². The lowest BCUT2D eigenvalue weighted by atomic mass is 10.1. The topological polar surface area (TPSA) is 122 Å². The summed E-state index contributed by atoms with van der Waals surface area (Å²) >= 11 is 0. The van der Waals surface area contributed by atoms with Crippen LogP contribution in [0.3, 0.4) is 0 Å². The first-order valence-electron chi connectivity index (χ1n) is 15.3. The minimum atomic E-state index is -0.353. The molecule has 244 valence electrons. The lowest BCUT2D eigenvalue weighted by molar-refractivity contribution is 0.0734. The molecule has 2 heterocycles. The number of amides is 3. The Morgan fingerprint density at radius 1 is 0.609 bits per heavy atom. The Hall–Kier alpha value is -4.97. The Morgan fingerprint density at radius 2 is 1.15 bits per heavy atom. The van der Waals surface area contributed by atoms with E-state index in [9.17, 15) is 14.4 Å². The molecule has 2 N–H and O–H groups in total. The predicted octanol–water partition coefficient (Wildman–Crippen LogP) is 3.37. The summed E-state index contributed by atoms with van der Waals surface area (Å²) in [4.78, 5) is 46.3. The average molecular weight is 632 g/mol. The molecule has 2 fully saturated rings. The highest BCUT2D eigenvalue weighted by atomic mass is 16.5. The highest BCUT2D eigenvalue weighted by molar-refractivity contribution is 6.07. The van der Waals surface area contributed by atoms with Crippen molar-refractivity contribution < 1.29 is 33.3 Å². The molecule has 46 heavy (non-hydrogen) atoms. The smallest absolute Gasteiger partial charge is 0.255 e. The third-order valence-electron chi connectivity index (χ3n) is 8.30. The molecular weight excluding hydrogens is 590 g/mol. The van der Waals surface area contributed by atoms with Crippen LogP contribution in [-0.4, -0.2) is 108 Å². The van der Waals surface area contributed by atoms with Gasteiger partial charge in [0.25, 0.3) is 17.7 Å². The van der Waals surface area contributed by atoms with Crippen LogP contribution in [0.5, 0.6) is 23.0 Å². The molecule has 0 spiro atoms. The molecule has 0 unspecified atom stereocenters. The standard InChI is InChI=1S/C34H41N5O7/c1-43-28-10-7-23(21-30(28)45-3)32(40)36-26-20-24(33(41)39-16-12-35-13-17-39)6-9-27(26)37-14-5-15-38(19-18-37)34(42)25-8-11-29(44-2)31(22-25)46-4/h6-11,20-22,35H,5,12-19H2,1-4H3,(H,36,40). The van der Waals surface area contributed by atoms with Gasteiger partial charge in [0, 0.05) is 69.0 Å². The van der Waals surface area contributed by atoms with Crippen LogP contribution in [0.15, 0.2) is 54.6 Å². The summed E-state index contributed by atoms with van der Waals surface area (Å²) in [6, 6.07) is 15.6. The van der Waals surface area contributed by atoms with Crippen LogP contribution in [0.2, 0.25) is 0 Å². The Bertz CT molecular complexity index is 1570. The van der Waals surface area contributed by atoms with Crippen molar-refractivity contribution in [3.63, 3.8) is 0 Å². The van der Waals surface area contributed by atoms with E-state index in [0.29, 0.717) is 91.1 Å². The van der Waals surface area contributed by atoms with Crippen molar-refractivity contribution in [1.82, 2.24) is 15.1 Å². The number of rotatable bonds is 9. The fourth-order valence-corrected chi connectivity index (χ4v) is 5.78. The molecule has 0 radical (unpaired) electrons. The van der Waals surface area contributed by atoms with Crippen molar-refractivity contribution >= 4 is 29.1 Å². The van der Waals surface area contributed by atoms with Gasteiger partial charge in [0.2, 0.25) is 0 Å². The number of hydrogen-bond acceptors (Lipinski definition) is 9. The summed E-state index contributed by atoms with van der Waals surface area (Å²) < 4.78 is 21.4. The van der Waals surface area contributed by atoms with Crippen LogP contribution in [0.4, 0.5) is 11.4 Å². The number of nitrogens with zero attached hydrogens (tertiary/aromatic N) is 3. The second-order valence-electron chi connectivity index (χ2n) is 11.0. The van der Waals surface area contributed by atoms with Crippen molar-refractivity contribution in [2.24, 2.45) is 0 Å². The maximum atomic E-state index is 13.6. The molecule has 3 amide bonds. The number of nitrogens with one attached hydrogen (secondary N) is 2. The number of carbonyl (C=O) groups is 3. The Balaban J connectivity index is 1.40. The highest BCUT2D eigenvalue weighted by Crippen LogP contribution is 2.32. The van der Waals surface area contributed by atoms with E-state index < -0.39 is 0 Å². The largest absolute Gasteiger partial charge is 0.493 e. The van der Waals surface area contributed by atoms with Crippen LogP contribution in [0.25, 0.3) is 0 Å². The zero-order valence-corrected chi connectivity index (χ0v) is 26.8. The third-order valence-corrected chi connectivity index (χ3v) is 8.30. The molecule has 12 nitrogen and oxygen atoms in total. The summed E-state index contributed by atoms with van der Waals surface area (Å²) in [7, 11) is 6.15. The number of anilines is 2. The average Bonchev–Trinajstić information content (AvgIpc) is 3.37. The molecule has 0 bridgehead atoms. The molecule has 12 heteroatoms. The predicted molar refractivity (Wildman–Crippen MR) is 175 cm³/mol. The van der Waals surface area contributed by atoms with E-state index in [4.69, 9.17) is 18.9 Å². The molecule has 5 rings (SSSR count). The van der Waals surface area contributed by atoms with Gasteiger partial charge in [0.15, 0.2) is 23.0 Å². The Kier molecular flexibility index (Phi) is 10.5. The lowest BCUT2D eigenvalue weighted by Crippen LogP contribution is -2.46. The molecular formula is C34H41N5O7. The molecule has 3 aromatic carbocycles. The van der Waals surface area contributed by atoms with Crippen molar-refractivity contribution in [2.75, 3.05) is 91.0 Å². The SMILES string of the molecule is COc1ccc(C(=O)Nc2cc(C(=O)N3CCNCC3)ccc2N2CCCN(C(=O)c3ccc(OC)c(OC)c3)CC2)cc1OC. The van der Waals surface area contributed by atoms with Gasteiger partial charge >= 0.3 is 0 Å². The van der Waals surface area contributed by atoms with E-state index in [1.807, 2.05) is 21.9 Å². The van der Waals surface area contributed by atoms with Crippen molar-refractivity contribution in [1.29, 1.82) is 0 Å². The van der Waals surface area contributed by atoms with Gasteiger partial charge in [0.05, 0.1) is 39.8 Å². The van der Waals surface area contributed by atoms with Gasteiger partial charge in [0.1, 0.15) is 0 Å². The summed E-state index contributed by atoms with van der Waals surface area (Å²) in [6.45, 7) is 4.92. The number of carbonyl (C=O) groups excluding carboxylic acids is 3. The minimum Gasteiger partial charge on any atom is -0.493 e. The van der Waals surface area contributed by atoms with Crippen LogP contribution in [-0.2, 0) is 0 Å². The van der Waals surface area contributed by atoms with Crippen LogP contribution in [0.1, 0.15) is 37.5 Å². The summed E-state index contributed by atoms with van der Waals surface area (Å²) in [5.41, 5.74) is 2.68. The van der Waals surface area contributed by atoms with Gasteiger partial charge in [-0.1, -0.05) is 0 Å². The van der Waals surface area contributed by atoms with Crippen molar-refractivity contribution in [3.05, 3.63) is 71.3 Å². The van der Waals surface area contributed by atoms with E-state index in [1.54, 1.807) is 56.7 Å². The fourth-order valence-electron chi connectivity index (χ4n) is 5.78. The van der Waals surface area contributed by atoms with E-state index in [0.717, 1.165) is 18.8 Å². The van der Waals surface area contributed by atoms with Crippen molar-refractivity contribution in [2.45, 2.75) is 6.42 Å². The molecule has 2 aliphatic rings. The molecule has 0 saturated carbocycles. The van der Waals surface area contributed by atoms with E-state index >= 15 is 0 Å². The van der Waals surface area contributed by atoms with Gasteiger partial charge in [-0.05, 0) is 61.0 Å². The Labute approximate surface area is 269 Å². The zero-order valence-electron chi connectivity index (χ0n) is 26.8. The molecule has 2 saturated heterocycles. The minimum absolute atomic E-state index is 0.0859. The molecule has 0 atom stereocenters. The maximum Gasteiger partial charge on any atom is 0.255 e. The van der Waals surface area contributed by atoms with Gasteiger partial charge in [-0.15, -0.1) is 0 Å². The lowest BCUT2D eigenvalue weighted by Gasteiger charge is -2.29. The van der Waals surface area contributed by atoms with Crippen molar-refractivity contribution in [3.8, 4) is 23.0 Å². The monoisotopic (exact) mass is 631 g/mol. The number of methoxy groups -OCH3 is 4. The number of ether oxygens (including phenoxy) is 4. The van der Waals surface area contributed by atoms with Crippen LogP contribution in [0, 0.1) is 0 Å². The van der Waals surface area contributed by atoms with E-state index in [2.05, 4.69) is 15.5 Å². The third kappa shape index (κ3) is 7.12. The second-order valence-corrected chi connectivity index (χ2v) is 11.0. The van der Waals surface area contributed by atoms with Gasteiger partial charge in [-0.2, -0.15) is 0 Å². The van der Waals surface area contributed by atoms with Gasteiger partial charge in [-0.3, -0.25) is 14.4 Å². The molecule has 0 aliphatic carbocycles. The molecule has 2 aliphatic heterocycles. The fraction of sp³-hybridized carbons (Fsp3) is 0.382. The van der Waals surface area contributed by atoms with E-state index in [1.165, 1.54) is 14.2 Å². The first-order chi connectivity index (χ1) is 22.4. The van der Waals surface area contributed by atoms with Gasteiger partial charge in [-0.25, -0.2) is 0 Å². The second kappa shape index (κ2) is 14.9. The number of piperazine rings is 1. The number of hydrogen-bond donors (Lipinski definition) is 2. The highest BCUT2D eigenvalue weighted by Gasteiger charge is 2.25. The molecule has 0 aromatic heterocycles. The zero-order chi connectivity index (χ0) is 32.6. The van der Waals surface area contributed by atoms with E-state index in [-0.39, 0.29) is 17.7 Å². The summed E-state index contributed by atoms with van der Waals surface area (Å²) in [5.74, 6) is 1.47. The summed E-state index contributed by atoms with van der Waals surface area (Å²) in [5, 5.41) is 6.32. The Morgan fingerprint density at radius 3 is 1.78 bits per heavy atom. The van der Waals surface area contributed by atoms with Gasteiger partial charge < -0.3 is 44.3 Å². The normalized spacial score (nSPS) is 15.1. The first-order valence-corrected chi connectivity index (χ1v) is 15.3. The first kappa shape index (κ1) is 32.4. The van der Waals surface area contributed by atoms with Crippen LogP contribution < -0.4 is 34.5 Å². The summed E-state index contributed by atoms with van der Waals surface area (Å²) in [6.07, 6.45) is 0.712.